The number of piperidine rings is 1. The fourth-order valence-corrected chi connectivity index (χ4v) is 4.53. The van der Waals surface area contributed by atoms with E-state index in [1.54, 1.807) is 19.2 Å². The Balaban J connectivity index is 1.45. The van der Waals surface area contributed by atoms with Crippen LogP contribution in [0.5, 0.6) is 5.75 Å². The molecule has 0 amide bonds. The summed E-state index contributed by atoms with van der Waals surface area (Å²) in [5, 5.41) is 9.62. The van der Waals surface area contributed by atoms with Gasteiger partial charge in [0.1, 0.15) is 23.7 Å². The van der Waals surface area contributed by atoms with Gasteiger partial charge in [0.15, 0.2) is 22.9 Å². The Morgan fingerprint density at radius 3 is 2.76 bits per heavy atom. The molecule has 1 aromatic carbocycles. The van der Waals surface area contributed by atoms with Gasteiger partial charge in [-0.3, -0.25) is 4.79 Å². The summed E-state index contributed by atoms with van der Waals surface area (Å²) >= 11 is 0. The lowest BCUT2D eigenvalue weighted by atomic mass is 9.96. The van der Waals surface area contributed by atoms with Crippen molar-refractivity contribution in [2.45, 2.75) is 25.7 Å². The molecule has 9 heteroatoms. The van der Waals surface area contributed by atoms with Gasteiger partial charge in [0.2, 0.25) is 0 Å². The van der Waals surface area contributed by atoms with Gasteiger partial charge in [-0.15, -0.1) is 0 Å². The number of ether oxygens (including phenoxy) is 1. The molecule has 174 valence electrons. The summed E-state index contributed by atoms with van der Waals surface area (Å²) in [7, 11) is 1.69. The number of hydrogen-bond acceptors (Lipinski definition) is 8. The number of aromatic nitrogens is 3. The summed E-state index contributed by atoms with van der Waals surface area (Å²) in [6.45, 7) is 4.06. The van der Waals surface area contributed by atoms with Crippen LogP contribution < -0.4 is 20.9 Å². The van der Waals surface area contributed by atoms with Crippen molar-refractivity contribution in [3.05, 3.63) is 57.8 Å². The second kappa shape index (κ2) is 8.80. The van der Waals surface area contributed by atoms with Crippen molar-refractivity contribution >= 4 is 27.8 Å². The summed E-state index contributed by atoms with van der Waals surface area (Å²) in [6, 6.07) is 11.4. The molecule has 0 atom stereocenters. The predicted molar refractivity (Wildman–Crippen MR) is 129 cm³/mol. The van der Waals surface area contributed by atoms with E-state index >= 15 is 0 Å². The first kappa shape index (κ1) is 21.9. The first-order chi connectivity index (χ1) is 16.5. The number of nitriles is 1. The minimum absolute atomic E-state index is 0.143. The standard InChI is InChI=1S/C25H26N6O3/c1-15-3-4-21-17(11-15)29-25(34-21)16-5-8-31(9-6-16)20-13-23(32)30(2)19-12-22(33-10-7-26)18(14-27)28-24(19)20/h3-4,11-13,16H,5-10,26H2,1-2H3. The fraction of sp³-hybridized carbons (Fsp3) is 0.360. The van der Waals surface area contributed by atoms with E-state index in [9.17, 15) is 10.1 Å². The Morgan fingerprint density at radius 1 is 1.24 bits per heavy atom. The first-order valence-corrected chi connectivity index (χ1v) is 11.4. The Kier molecular flexibility index (Phi) is 5.67. The van der Waals surface area contributed by atoms with Crippen LogP contribution in [-0.4, -0.2) is 40.8 Å². The number of hydrogen-bond donors (Lipinski definition) is 1. The Morgan fingerprint density at radius 2 is 2.03 bits per heavy atom. The van der Waals surface area contributed by atoms with Gasteiger partial charge in [-0.1, -0.05) is 6.07 Å². The maximum atomic E-state index is 12.7. The van der Waals surface area contributed by atoms with Crippen molar-refractivity contribution in [1.82, 2.24) is 14.5 Å². The molecule has 1 fully saturated rings. The predicted octanol–water partition coefficient (Wildman–Crippen LogP) is 2.98. The number of oxazole rings is 1. The van der Waals surface area contributed by atoms with E-state index in [4.69, 9.17) is 19.9 Å². The van der Waals surface area contributed by atoms with E-state index < -0.39 is 0 Å². The smallest absolute Gasteiger partial charge is 0.252 e. The molecule has 0 spiro atoms. The van der Waals surface area contributed by atoms with Crippen molar-refractivity contribution in [1.29, 1.82) is 5.26 Å². The normalized spacial score (nSPS) is 14.6. The van der Waals surface area contributed by atoms with Crippen LogP contribution in [0.25, 0.3) is 22.1 Å². The molecular weight excluding hydrogens is 432 g/mol. The molecule has 0 bridgehead atoms. The van der Waals surface area contributed by atoms with Crippen molar-refractivity contribution in [3.63, 3.8) is 0 Å². The highest BCUT2D eigenvalue weighted by Crippen LogP contribution is 2.34. The molecular formula is C25H26N6O3. The maximum absolute atomic E-state index is 12.7. The summed E-state index contributed by atoms with van der Waals surface area (Å²) in [6.07, 6.45) is 1.68. The first-order valence-electron chi connectivity index (χ1n) is 11.4. The van der Waals surface area contributed by atoms with Crippen LogP contribution in [0.2, 0.25) is 0 Å². The lowest BCUT2D eigenvalue weighted by Crippen LogP contribution is -2.34. The Bertz CT molecular complexity index is 1470. The summed E-state index contributed by atoms with van der Waals surface area (Å²) in [5.74, 6) is 1.30. The molecule has 4 heterocycles. The number of anilines is 1. The molecule has 1 saturated heterocycles. The largest absolute Gasteiger partial charge is 0.489 e. The molecule has 0 aliphatic carbocycles. The Labute approximate surface area is 196 Å². The molecule has 1 aliphatic rings. The van der Waals surface area contributed by atoms with Crippen molar-refractivity contribution < 1.29 is 9.15 Å². The number of fused-ring (bicyclic) bond motifs is 2. The molecule has 5 rings (SSSR count). The molecule has 34 heavy (non-hydrogen) atoms. The SMILES string of the molecule is Cc1ccc2oc(C3CCN(c4cc(=O)n(C)c5cc(OCCN)c(C#N)nc45)CC3)nc2c1. The van der Waals surface area contributed by atoms with Crippen LogP contribution in [-0.2, 0) is 7.05 Å². The highest BCUT2D eigenvalue weighted by atomic mass is 16.5. The zero-order valence-electron chi connectivity index (χ0n) is 19.2. The average Bonchev–Trinajstić information content (AvgIpc) is 3.28. The van der Waals surface area contributed by atoms with Gasteiger partial charge < -0.3 is 24.4 Å². The summed E-state index contributed by atoms with van der Waals surface area (Å²) in [4.78, 5) is 24.2. The van der Waals surface area contributed by atoms with Gasteiger partial charge in [0.05, 0.1) is 11.2 Å². The van der Waals surface area contributed by atoms with Gasteiger partial charge in [-0.05, 0) is 37.5 Å². The number of nitrogens with two attached hydrogens (primary N) is 1. The van der Waals surface area contributed by atoms with E-state index in [2.05, 4.69) is 16.0 Å². The zero-order chi connectivity index (χ0) is 23.8. The molecule has 3 aromatic heterocycles. The quantitative estimate of drug-likeness (QED) is 0.484. The highest BCUT2D eigenvalue weighted by molar-refractivity contribution is 5.90. The van der Waals surface area contributed by atoms with E-state index in [0.717, 1.165) is 54.2 Å². The number of benzene rings is 1. The third-order valence-corrected chi connectivity index (χ3v) is 6.39. The van der Waals surface area contributed by atoms with Gasteiger partial charge >= 0.3 is 0 Å². The molecule has 0 unspecified atom stereocenters. The van der Waals surface area contributed by atoms with E-state index in [1.807, 2.05) is 25.1 Å². The van der Waals surface area contributed by atoms with Crippen LogP contribution in [0.3, 0.4) is 0 Å². The number of rotatable bonds is 5. The molecule has 2 N–H and O–H groups in total. The summed E-state index contributed by atoms with van der Waals surface area (Å²) < 4.78 is 13.2. The van der Waals surface area contributed by atoms with Gasteiger partial charge in [-0.25, -0.2) is 9.97 Å². The van der Waals surface area contributed by atoms with E-state index in [1.165, 1.54) is 4.57 Å². The second-order valence-electron chi connectivity index (χ2n) is 8.66. The molecule has 0 saturated carbocycles. The second-order valence-corrected chi connectivity index (χ2v) is 8.66. The topological polar surface area (TPSA) is 123 Å². The molecule has 4 aromatic rings. The van der Waals surface area contributed by atoms with Crippen LogP contribution in [0.1, 0.15) is 35.9 Å². The van der Waals surface area contributed by atoms with Gasteiger partial charge in [0, 0.05) is 44.7 Å². The van der Waals surface area contributed by atoms with Crippen LogP contribution in [0.4, 0.5) is 5.69 Å². The number of pyridine rings is 2. The van der Waals surface area contributed by atoms with Crippen LogP contribution in [0.15, 0.2) is 39.5 Å². The Hall–Kier alpha value is -3.90. The minimum atomic E-state index is -0.143. The fourth-order valence-electron chi connectivity index (χ4n) is 4.53. The molecule has 1 aliphatic heterocycles. The minimum Gasteiger partial charge on any atom is -0.489 e. The molecule has 9 nitrogen and oxygen atoms in total. The number of nitrogens with zero attached hydrogens (tertiary/aromatic N) is 5. The van der Waals surface area contributed by atoms with Crippen LogP contribution in [0, 0.1) is 18.3 Å². The van der Waals surface area contributed by atoms with Crippen LogP contribution >= 0.6 is 0 Å². The number of aryl methyl sites for hydroxylation is 2. The molecule has 0 radical (unpaired) electrons. The van der Waals surface area contributed by atoms with Crippen molar-refractivity contribution in [2.24, 2.45) is 12.8 Å². The van der Waals surface area contributed by atoms with Gasteiger partial charge in [-0.2, -0.15) is 5.26 Å². The van der Waals surface area contributed by atoms with E-state index in [-0.39, 0.29) is 23.8 Å². The average molecular weight is 459 g/mol. The highest BCUT2D eigenvalue weighted by Gasteiger charge is 2.27. The summed E-state index contributed by atoms with van der Waals surface area (Å²) in [5.41, 5.74) is 10.4. The maximum Gasteiger partial charge on any atom is 0.252 e. The van der Waals surface area contributed by atoms with Crippen molar-refractivity contribution in [3.8, 4) is 11.8 Å². The lowest BCUT2D eigenvalue weighted by molar-refractivity contribution is 0.326. The zero-order valence-corrected chi connectivity index (χ0v) is 19.2. The lowest BCUT2D eigenvalue weighted by Gasteiger charge is -2.33. The van der Waals surface area contributed by atoms with Crippen molar-refractivity contribution in [2.75, 3.05) is 31.1 Å². The van der Waals surface area contributed by atoms with Gasteiger partial charge in [0.25, 0.3) is 5.56 Å². The third kappa shape index (κ3) is 3.86. The van der Waals surface area contributed by atoms with E-state index in [0.29, 0.717) is 23.3 Å². The monoisotopic (exact) mass is 458 g/mol. The third-order valence-electron chi connectivity index (χ3n) is 6.39.